The van der Waals surface area contributed by atoms with Gasteiger partial charge in [-0.1, -0.05) is 13.8 Å². The molecule has 0 aliphatic carbocycles. The highest BCUT2D eigenvalue weighted by atomic mass is 32.2. The number of amides is 5. The van der Waals surface area contributed by atoms with Gasteiger partial charge in [-0.2, -0.15) is 11.8 Å². The molecule has 0 unspecified atom stereocenters. The lowest BCUT2D eigenvalue weighted by Crippen LogP contribution is -2.59. The normalized spacial score (nSPS) is 14.8. The summed E-state index contributed by atoms with van der Waals surface area (Å²) in [5, 5.41) is 19.6. The summed E-state index contributed by atoms with van der Waals surface area (Å²) >= 11 is 1.47. The Morgan fingerprint density at radius 3 is 1.90 bits per heavy atom. The lowest BCUT2D eigenvalue weighted by Gasteiger charge is -2.26. The van der Waals surface area contributed by atoms with Gasteiger partial charge in [-0.3, -0.25) is 28.8 Å². The number of nitrogens with two attached hydrogens (primary N) is 3. The van der Waals surface area contributed by atoms with Crippen LogP contribution >= 0.6 is 11.8 Å². The molecule has 0 rings (SSSR count). The molecular weight excluding hydrogens is 542 g/mol. The summed E-state index contributed by atoms with van der Waals surface area (Å²) in [5.41, 5.74) is 16.6. The Morgan fingerprint density at radius 2 is 1.40 bits per heavy atom. The van der Waals surface area contributed by atoms with Gasteiger partial charge >= 0.3 is 0 Å². The van der Waals surface area contributed by atoms with E-state index in [1.54, 1.807) is 6.29 Å². The first kappa shape index (κ1) is 37.2. The van der Waals surface area contributed by atoms with E-state index in [4.69, 9.17) is 17.2 Å². The van der Waals surface area contributed by atoms with Crippen LogP contribution in [0.25, 0.3) is 0 Å². The molecule has 0 aromatic heterocycles. The van der Waals surface area contributed by atoms with Crippen LogP contribution in [0.4, 0.5) is 0 Å². The van der Waals surface area contributed by atoms with E-state index in [0.717, 1.165) is 0 Å². The smallest absolute Gasteiger partial charge is 0.245 e. The highest BCUT2D eigenvalue weighted by molar-refractivity contribution is 7.98. The number of carbonyl (C=O) groups excluding carboxylic acids is 6. The predicted molar refractivity (Wildman–Crippen MR) is 152 cm³/mol. The maximum atomic E-state index is 13.2. The maximum Gasteiger partial charge on any atom is 0.245 e. The van der Waals surface area contributed by atoms with Gasteiger partial charge in [0.05, 0.1) is 18.7 Å². The van der Waals surface area contributed by atoms with Crippen molar-refractivity contribution in [1.29, 1.82) is 0 Å². The third-order valence-corrected chi connectivity index (χ3v) is 6.48. The van der Waals surface area contributed by atoms with Crippen LogP contribution in [0.2, 0.25) is 0 Å². The fraction of sp³-hybridized carbons (Fsp3) is 0.760. The van der Waals surface area contributed by atoms with Crippen molar-refractivity contribution in [1.82, 2.24) is 21.3 Å². The van der Waals surface area contributed by atoms with Crippen molar-refractivity contribution >= 4 is 47.6 Å². The summed E-state index contributed by atoms with van der Waals surface area (Å²) in [7, 11) is 0. The van der Waals surface area contributed by atoms with E-state index in [1.165, 1.54) is 11.8 Å². The van der Waals surface area contributed by atoms with Gasteiger partial charge in [0.2, 0.25) is 35.8 Å². The minimum atomic E-state index is -1.37. The Balaban J connectivity index is 5.65. The van der Waals surface area contributed by atoms with E-state index in [2.05, 4.69) is 21.3 Å². The highest BCUT2D eigenvalue weighted by Crippen LogP contribution is 2.07. The first-order valence-corrected chi connectivity index (χ1v) is 14.7. The molecule has 0 bridgehead atoms. The number of hydrogen-bond donors (Lipinski definition) is 8. The second kappa shape index (κ2) is 21.1. The largest absolute Gasteiger partial charge is 0.394 e. The van der Waals surface area contributed by atoms with Crippen LogP contribution in [-0.2, 0) is 28.8 Å². The molecule has 5 amide bonds. The van der Waals surface area contributed by atoms with Gasteiger partial charge in [0, 0.05) is 6.42 Å². The van der Waals surface area contributed by atoms with Crippen molar-refractivity contribution in [2.75, 3.05) is 25.2 Å². The van der Waals surface area contributed by atoms with Crippen molar-refractivity contribution in [3.63, 3.8) is 0 Å². The number of aliphatic hydroxyl groups is 1. The van der Waals surface area contributed by atoms with Gasteiger partial charge in [-0.25, -0.2) is 0 Å². The molecule has 0 saturated heterocycles. The molecule has 0 fully saturated rings. The molecule has 0 aliphatic rings. The molecule has 15 heteroatoms. The minimum Gasteiger partial charge on any atom is -0.394 e. The number of hydrogen-bond acceptors (Lipinski definition) is 10. The lowest BCUT2D eigenvalue weighted by molar-refractivity contribution is -0.134. The Hall–Kier alpha value is -2.75. The van der Waals surface area contributed by atoms with Gasteiger partial charge < -0.3 is 43.6 Å². The Morgan fingerprint density at radius 1 is 0.850 bits per heavy atom. The summed E-state index contributed by atoms with van der Waals surface area (Å²) in [6, 6.07) is -5.57. The average molecular weight is 589 g/mol. The fourth-order valence-electron chi connectivity index (χ4n) is 3.62. The molecule has 0 aromatic carbocycles. The van der Waals surface area contributed by atoms with Crippen LogP contribution in [0.5, 0.6) is 0 Å². The fourth-order valence-corrected chi connectivity index (χ4v) is 4.09. The maximum absolute atomic E-state index is 13.2. The first-order valence-electron chi connectivity index (χ1n) is 13.3. The molecule has 14 nitrogen and oxygen atoms in total. The Kier molecular flexibility index (Phi) is 19.6. The molecular formula is C25H46N7O7S. The van der Waals surface area contributed by atoms with Crippen LogP contribution in [0.1, 0.15) is 58.8 Å². The molecule has 229 valence electrons. The summed E-state index contributed by atoms with van der Waals surface area (Å²) < 4.78 is 0. The zero-order valence-corrected chi connectivity index (χ0v) is 24.4. The minimum absolute atomic E-state index is 0.128. The van der Waals surface area contributed by atoms with E-state index >= 15 is 0 Å². The van der Waals surface area contributed by atoms with Crippen LogP contribution in [0.15, 0.2) is 0 Å². The Bertz CT molecular complexity index is 831. The van der Waals surface area contributed by atoms with Crippen molar-refractivity contribution in [2.45, 2.75) is 89.0 Å². The van der Waals surface area contributed by atoms with Gasteiger partial charge in [-0.15, -0.1) is 0 Å². The molecule has 11 N–H and O–H groups in total. The lowest BCUT2D eigenvalue weighted by atomic mass is 10.0. The first-order chi connectivity index (χ1) is 18.9. The topological polar surface area (TPSA) is 249 Å². The van der Waals surface area contributed by atoms with E-state index in [1.807, 2.05) is 20.1 Å². The average Bonchev–Trinajstić information content (AvgIpc) is 2.90. The number of nitrogens with one attached hydrogen (secondary N) is 4. The number of unbranched alkanes of at least 4 members (excludes halogenated alkanes) is 1. The SMILES string of the molecule is CSCC[C@@H]([C]=O)NC(=O)[C@H](CCC(N)=O)NC(=O)[C@H](CCCCN)NC(=O)[C@H](CO)NC(=O)[C@@H](N)CC(C)C. The summed E-state index contributed by atoms with van der Waals surface area (Å²) in [5.74, 6) is -2.90. The van der Waals surface area contributed by atoms with E-state index in [9.17, 15) is 33.9 Å². The molecule has 0 aromatic rings. The second-order valence-corrected chi connectivity index (χ2v) is 10.8. The second-order valence-electron chi connectivity index (χ2n) is 9.85. The van der Waals surface area contributed by atoms with Crippen molar-refractivity contribution in [2.24, 2.45) is 23.1 Å². The standard InChI is InChI=1S/C25H46N7O7S/c1-15(2)12-17(27)22(36)32-20(14-34)25(39)30-18(6-4-5-10-26)24(38)31-19(7-8-21(28)35)23(37)29-16(13-33)9-11-40-3/h15-20,34H,4-12,14,26-27H2,1-3H3,(H2,28,35)(H,29,37)(H,30,39)(H,31,38)(H,32,36)/t16-,17-,18-,19-,20-/m0/s1. The molecule has 0 spiro atoms. The summed E-state index contributed by atoms with van der Waals surface area (Å²) in [6.45, 7) is 3.36. The van der Waals surface area contributed by atoms with Gasteiger partial charge in [0.25, 0.3) is 0 Å². The molecule has 0 aliphatic heterocycles. The number of rotatable bonds is 22. The molecule has 0 saturated carbocycles. The van der Waals surface area contributed by atoms with Crippen molar-refractivity contribution in [3.05, 3.63) is 0 Å². The highest BCUT2D eigenvalue weighted by Gasteiger charge is 2.31. The van der Waals surface area contributed by atoms with Crippen LogP contribution in [0, 0.1) is 5.92 Å². The van der Waals surface area contributed by atoms with Crippen molar-refractivity contribution < 1.29 is 33.9 Å². The van der Waals surface area contributed by atoms with E-state index < -0.39 is 66.4 Å². The molecule has 0 heterocycles. The Labute approximate surface area is 240 Å². The third-order valence-electron chi connectivity index (χ3n) is 5.84. The van der Waals surface area contributed by atoms with Crippen molar-refractivity contribution in [3.8, 4) is 0 Å². The van der Waals surface area contributed by atoms with E-state index in [0.29, 0.717) is 38.0 Å². The van der Waals surface area contributed by atoms with Crippen LogP contribution < -0.4 is 38.5 Å². The van der Waals surface area contributed by atoms with Crippen LogP contribution in [0.3, 0.4) is 0 Å². The van der Waals surface area contributed by atoms with Gasteiger partial charge in [0.1, 0.15) is 18.1 Å². The third kappa shape index (κ3) is 15.7. The quantitative estimate of drug-likeness (QED) is 0.0620. The summed E-state index contributed by atoms with van der Waals surface area (Å²) in [6.07, 6.45) is 5.02. The number of aliphatic hydroxyl groups excluding tert-OH is 1. The molecule has 5 atom stereocenters. The summed E-state index contributed by atoms with van der Waals surface area (Å²) in [4.78, 5) is 74.0. The van der Waals surface area contributed by atoms with E-state index in [-0.39, 0.29) is 25.2 Å². The zero-order chi connectivity index (χ0) is 30.7. The monoisotopic (exact) mass is 588 g/mol. The number of primary amides is 1. The number of thioether (sulfide) groups is 1. The van der Waals surface area contributed by atoms with Gasteiger partial charge in [-0.05, 0) is 63.0 Å². The predicted octanol–water partition coefficient (Wildman–Crippen LogP) is -2.45. The molecule has 1 radical (unpaired) electrons. The molecule has 40 heavy (non-hydrogen) atoms. The van der Waals surface area contributed by atoms with Gasteiger partial charge in [0.15, 0.2) is 0 Å². The van der Waals surface area contributed by atoms with Crippen LogP contribution in [-0.4, -0.2) is 96.3 Å². The zero-order valence-electron chi connectivity index (χ0n) is 23.6. The number of carbonyl (C=O) groups is 5.